The van der Waals surface area contributed by atoms with E-state index < -0.39 is 0 Å². The standard InChI is InChI=1S/C55H37BrN2/c56-41-25-27-43(28-26-41)58(55-35-39-15-3-6-18-47(39)51-22-10-12-24-53(51)55)44-31-29-42(30-32-44)57(54-34-38-14-2-5-17-46(38)50-21-9-11-23-52(50)54)36-40-33-37-13-1-4-16-45(37)49-20-8-7-19-48(40)49/h1-35H,36H2. The molecule has 11 aromatic rings. The van der Waals surface area contributed by atoms with Gasteiger partial charge in [-0.2, -0.15) is 0 Å². The molecule has 0 unspecified atom stereocenters. The summed E-state index contributed by atoms with van der Waals surface area (Å²) in [4.78, 5) is 4.92. The highest BCUT2D eigenvalue weighted by Crippen LogP contribution is 2.44. The fourth-order valence-electron chi connectivity index (χ4n) is 9.02. The van der Waals surface area contributed by atoms with Crippen LogP contribution >= 0.6 is 15.9 Å². The first-order chi connectivity index (χ1) is 28.7. The third-order valence-electron chi connectivity index (χ3n) is 11.7. The molecule has 274 valence electrons. The van der Waals surface area contributed by atoms with E-state index in [1.807, 2.05) is 0 Å². The number of hydrogen-bond acceptors (Lipinski definition) is 2. The molecule has 0 aliphatic rings. The largest absolute Gasteiger partial charge is 0.336 e. The van der Waals surface area contributed by atoms with E-state index in [1.165, 1.54) is 75.9 Å². The Labute approximate surface area is 346 Å². The van der Waals surface area contributed by atoms with E-state index in [4.69, 9.17) is 0 Å². The lowest BCUT2D eigenvalue weighted by molar-refractivity contribution is 0.992. The van der Waals surface area contributed by atoms with E-state index in [0.29, 0.717) is 6.54 Å². The molecule has 0 aliphatic heterocycles. The fraction of sp³-hybridized carbons (Fsp3) is 0.0182. The molecule has 0 saturated carbocycles. The van der Waals surface area contributed by atoms with Crippen molar-refractivity contribution in [3.63, 3.8) is 0 Å². The number of fused-ring (bicyclic) bond motifs is 9. The fourth-order valence-corrected chi connectivity index (χ4v) is 9.29. The van der Waals surface area contributed by atoms with Gasteiger partial charge in [-0.05, 0) is 126 Å². The number of hydrogen-bond donors (Lipinski definition) is 0. The predicted octanol–water partition coefficient (Wildman–Crippen LogP) is 16.2. The second kappa shape index (κ2) is 14.2. The first kappa shape index (κ1) is 34.3. The van der Waals surface area contributed by atoms with Crippen LogP contribution in [-0.2, 0) is 6.54 Å². The Morgan fingerprint density at radius 3 is 1.21 bits per heavy atom. The molecule has 0 aliphatic carbocycles. The zero-order valence-electron chi connectivity index (χ0n) is 31.7. The van der Waals surface area contributed by atoms with Crippen molar-refractivity contribution < 1.29 is 0 Å². The minimum atomic E-state index is 0.693. The van der Waals surface area contributed by atoms with Crippen molar-refractivity contribution in [3.05, 3.63) is 222 Å². The van der Waals surface area contributed by atoms with Crippen molar-refractivity contribution in [2.75, 3.05) is 9.80 Å². The van der Waals surface area contributed by atoms with Crippen LogP contribution in [0.2, 0.25) is 0 Å². The molecule has 0 bridgehead atoms. The van der Waals surface area contributed by atoms with Gasteiger partial charge < -0.3 is 9.80 Å². The first-order valence-corrected chi connectivity index (χ1v) is 20.6. The van der Waals surface area contributed by atoms with Gasteiger partial charge in [-0.15, -0.1) is 0 Å². The van der Waals surface area contributed by atoms with Crippen molar-refractivity contribution >= 4 is 109 Å². The normalized spacial score (nSPS) is 11.6. The third-order valence-corrected chi connectivity index (χ3v) is 12.2. The number of benzene rings is 11. The first-order valence-electron chi connectivity index (χ1n) is 19.8. The summed E-state index contributed by atoms with van der Waals surface area (Å²) in [6, 6.07) is 77.7. The molecular weight excluding hydrogens is 769 g/mol. The molecule has 0 atom stereocenters. The molecule has 11 rings (SSSR count). The molecule has 0 saturated heterocycles. The second-order valence-corrected chi connectivity index (χ2v) is 16.0. The monoisotopic (exact) mass is 804 g/mol. The Morgan fingerprint density at radius 2 is 0.672 bits per heavy atom. The van der Waals surface area contributed by atoms with Crippen LogP contribution in [0.5, 0.6) is 0 Å². The van der Waals surface area contributed by atoms with Gasteiger partial charge in [-0.25, -0.2) is 0 Å². The predicted molar refractivity (Wildman–Crippen MR) is 253 cm³/mol. The Morgan fingerprint density at radius 1 is 0.310 bits per heavy atom. The molecule has 0 spiro atoms. The molecular formula is C55H37BrN2. The van der Waals surface area contributed by atoms with E-state index >= 15 is 0 Å². The van der Waals surface area contributed by atoms with Gasteiger partial charge in [-0.3, -0.25) is 0 Å². The number of anilines is 5. The molecule has 0 fully saturated rings. The Kier molecular flexibility index (Phi) is 8.41. The SMILES string of the molecule is Brc1ccc(N(c2ccc(N(Cc3cc4ccccc4c4ccccc34)c3cc4ccccc4c4ccccc34)cc2)c2cc3ccccc3c3ccccc23)cc1. The van der Waals surface area contributed by atoms with E-state index in [2.05, 4.69) is 238 Å². The molecule has 0 amide bonds. The minimum Gasteiger partial charge on any atom is -0.336 e. The van der Waals surface area contributed by atoms with Crippen LogP contribution in [0.25, 0.3) is 64.6 Å². The quantitative estimate of drug-likeness (QED) is 0.148. The lowest BCUT2D eigenvalue weighted by Gasteiger charge is -2.30. The summed E-state index contributed by atoms with van der Waals surface area (Å²) in [5, 5.41) is 15.0. The summed E-state index contributed by atoms with van der Waals surface area (Å²) in [5.41, 5.74) is 6.92. The summed E-state index contributed by atoms with van der Waals surface area (Å²) in [6.45, 7) is 0.693. The summed E-state index contributed by atoms with van der Waals surface area (Å²) in [5.74, 6) is 0. The number of nitrogens with zero attached hydrogens (tertiary/aromatic N) is 2. The average Bonchev–Trinajstić information content (AvgIpc) is 3.29. The highest BCUT2D eigenvalue weighted by molar-refractivity contribution is 9.10. The van der Waals surface area contributed by atoms with Gasteiger partial charge in [0.15, 0.2) is 0 Å². The van der Waals surface area contributed by atoms with Gasteiger partial charge >= 0.3 is 0 Å². The maximum absolute atomic E-state index is 3.69. The Bertz CT molecular complexity index is 3330. The van der Waals surface area contributed by atoms with Gasteiger partial charge in [0.05, 0.1) is 5.69 Å². The molecule has 3 heteroatoms. The van der Waals surface area contributed by atoms with Gasteiger partial charge in [0.1, 0.15) is 0 Å². The van der Waals surface area contributed by atoms with Gasteiger partial charge in [-0.1, -0.05) is 162 Å². The smallest absolute Gasteiger partial charge is 0.0546 e. The van der Waals surface area contributed by atoms with Crippen molar-refractivity contribution in [2.45, 2.75) is 6.54 Å². The van der Waals surface area contributed by atoms with E-state index in [9.17, 15) is 0 Å². The third kappa shape index (κ3) is 5.86. The van der Waals surface area contributed by atoms with Crippen molar-refractivity contribution in [2.24, 2.45) is 0 Å². The van der Waals surface area contributed by atoms with Gasteiger partial charge in [0.2, 0.25) is 0 Å². The maximum atomic E-state index is 3.69. The lowest BCUT2D eigenvalue weighted by atomic mass is 9.96. The van der Waals surface area contributed by atoms with Crippen LogP contribution in [0.15, 0.2) is 217 Å². The van der Waals surface area contributed by atoms with Crippen LogP contribution in [0.3, 0.4) is 0 Å². The van der Waals surface area contributed by atoms with Crippen LogP contribution < -0.4 is 9.80 Å². The van der Waals surface area contributed by atoms with Crippen LogP contribution in [-0.4, -0.2) is 0 Å². The Balaban J connectivity index is 1.12. The summed E-state index contributed by atoms with van der Waals surface area (Å²) in [7, 11) is 0. The minimum absolute atomic E-state index is 0.693. The van der Waals surface area contributed by atoms with Crippen LogP contribution in [0.1, 0.15) is 5.56 Å². The molecule has 2 nitrogen and oxygen atoms in total. The van der Waals surface area contributed by atoms with Crippen molar-refractivity contribution in [3.8, 4) is 0 Å². The molecule has 0 aromatic heterocycles. The molecule has 58 heavy (non-hydrogen) atoms. The Hall–Kier alpha value is -6.94. The van der Waals surface area contributed by atoms with Crippen LogP contribution in [0, 0.1) is 0 Å². The molecule has 0 radical (unpaired) electrons. The zero-order valence-corrected chi connectivity index (χ0v) is 33.3. The zero-order chi connectivity index (χ0) is 38.6. The van der Waals surface area contributed by atoms with Crippen molar-refractivity contribution in [1.29, 1.82) is 0 Å². The van der Waals surface area contributed by atoms with Gasteiger partial charge in [0, 0.05) is 44.5 Å². The summed E-state index contributed by atoms with van der Waals surface area (Å²) >= 11 is 3.69. The highest BCUT2D eigenvalue weighted by Gasteiger charge is 2.21. The molecule has 0 N–H and O–H groups in total. The summed E-state index contributed by atoms with van der Waals surface area (Å²) < 4.78 is 1.05. The van der Waals surface area contributed by atoms with Crippen molar-refractivity contribution in [1.82, 2.24) is 0 Å². The average molecular weight is 806 g/mol. The topological polar surface area (TPSA) is 6.48 Å². The molecule has 11 aromatic carbocycles. The second-order valence-electron chi connectivity index (χ2n) is 15.0. The maximum Gasteiger partial charge on any atom is 0.0546 e. The number of halogens is 1. The van der Waals surface area contributed by atoms with E-state index in [-0.39, 0.29) is 0 Å². The highest BCUT2D eigenvalue weighted by atomic mass is 79.9. The van der Waals surface area contributed by atoms with E-state index in [0.717, 1.165) is 27.2 Å². The lowest BCUT2D eigenvalue weighted by Crippen LogP contribution is -2.18. The van der Waals surface area contributed by atoms with Crippen LogP contribution in [0.4, 0.5) is 28.4 Å². The summed E-state index contributed by atoms with van der Waals surface area (Å²) in [6.07, 6.45) is 0. The van der Waals surface area contributed by atoms with Gasteiger partial charge in [0.25, 0.3) is 0 Å². The number of rotatable bonds is 7. The molecule has 0 heterocycles. The van der Waals surface area contributed by atoms with E-state index in [1.54, 1.807) is 0 Å².